The molecule has 0 aliphatic heterocycles. The number of aromatic carboxylic acids is 1. The van der Waals surface area contributed by atoms with Crippen molar-refractivity contribution in [3.8, 4) is 0 Å². The van der Waals surface area contributed by atoms with Crippen LogP contribution in [0.15, 0.2) is 36.5 Å². The predicted molar refractivity (Wildman–Crippen MR) is 77.2 cm³/mol. The van der Waals surface area contributed by atoms with Gasteiger partial charge in [0.2, 0.25) is 0 Å². The van der Waals surface area contributed by atoms with E-state index in [2.05, 4.69) is 15.2 Å². The third-order valence-corrected chi connectivity index (χ3v) is 3.35. The standard InChI is InChI=1S/C15H14N4O2/c1-2-13-17-14-11(15(20)21)6-3-7-12(14)19(13)9-10-5-4-8-16-18-10/h3-8H,2,9H2,1H3,(H,20,21). The Bertz CT molecular complexity index is 796. The molecule has 0 radical (unpaired) electrons. The number of para-hydroxylation sites is 1. The van der Waals surface area contributed by atoms with Crippen LogP contribution in [0.5, 0.6) is 0 Å². The van der Waals surface area contributed by atoms with Gasteiger partial charge in [-0.15, -0.1) is 0 Å². The van der Waals surface area contributed by atoms with Crippen LogP contribution in [-0.2, 0) is 13.0 Å². The van der Waals surface area contributed by atoms with Crippen molar-refractivity contribution < 1.29 is 9.90 Å². The maximum Gasteiger partial charge on any atom is 0.337 e. The smallest absolute Gasteiger partial charge is 0.337 e. The minimum Gasteiger partial charge on any atom is -0.478 e. The van der Waals surface area contributed by atoms with Gasteiger partial charge in [-0.05, 0) is 24.3 Å². The summed E-state index contributed by atoms with van der Waals surface area (Å²) in [6, 6.07) is 8.91. The van der Waals surface area contributed by atoms with Crippen LogP contribution >= 0.6 is 0 Å². The lowest BCUT2D eigenvalue weighted by molar-refractivity contribution is 0.0699. The Kier molecular flexibility index (Phi) is 3.35. The first-order valence-electron chi connectivity index (χ1n) is 6.68. The van der Waals surface area contributed by atoms with E-state index >= 15 is 0 Å². The van der Waals surface area contributed by atoms with Crippen molar-refractivity contribution in [3.63, 3.8) is 0 Å². The van der Waals surface area contributed by atoms with Crippen LogP contribution in [0.25, 0.3) is 11.0 Å². The number of rotatable bonds is 4. The van der Waals surface area contributed by atoms with Gasteiger partial charge >= 0.3 is 5.97 Å². The third-order valence-electron chi connectivity index (χ3n) is 3.35. The molecule has 0 atom stereocenters. The van der Waals surface area contributed by atoms with Crippen LogP contribution in [0.3, 0.4) is 0 Å². The number of nitrogens with zero attached hydrogens (tertiary/aromatic N) is 4. The fraction of sp³-hybridized carbons (Fsp3) is 0.200. The van der Waals surface area contributed by atoms with Gasteiger partial charge in [-0.2, -0.15) is 10.2 Å². The van der Waals surface area contributed by atoms with E-state index in [0.717, 1.165) is 17.0 Å². The van der Waals surface area contributed by atoms with E-state index in [0.29, 0.717) is 18.5 Å². The van der Waals surface area contributed by atoms with Crippen LogP contribution < -0.4 is 0 Å². The second kappa shape index (κ2) is 5.32. The zero-order valence-electron chi connectivity index (χ0n) is 11.5. The Morgan fingerprint density at radius 2 is 2.14 bits per heavy atom. The van der Waals surface area contributed by atoms with Gasteiger partial charge in [0, 0.05) is 12.6 Å². The summed E-state index contributed by atoms with van der Waals surface area (Å²) in [6.45, 7) is 2.52. The molecule has 1 aromatic carbocycles. The molecule has 6 nitrogen and oxygen atoms in total. The molecular weight excluding hydrogens is 268 g/mol. The van der Waals surface area contributed by atoms with Gasteiger partial charge in [-0.25, -0.2) is 9.78 Å². The van der Waals surface area contributed by atoms with Crippen molar-refractivity contribution in [2.24, 2.45) is 0 Å². The number of carbonyl (C=O) groups is 1. The number of aryl methyl sites for hydroxylation is 1. The maximum atomic E-state index is 11.3. The Morgan fingerprint density at radius 3 is 2.81 bits per heavy atom. The van der Waals surface area contributed by atoms with E-state index in [9.17, 15) is 9.90 Å². The molecule has 1 N–H and O–H groups in total. The lowest BCUT2D eigenvalue weighted by atomic mass is 10.2. The van der Waals surface area contributed by atoms with Crippen LogP contribution in [0, 0.1) is 0 Å². The van der Waals surface area contributed by atoms with E-state index in [4.69, 9.17) is 0 Å². The summed E-state index contributed by atoms with van der Waals surface area (Å²) in [5, 5.41) is 17.2. The Hall–Kier alpha value is -2.76. The monoisotopic (exact) mass is 282 g/mol. The summed E-state index contributed by atoms with van der Waals surface area (Å²) in [7, 11) is 0. The van der Waals surface area contributed by atoms with Gasteiger partial charge in [0.15, 0.2) is 0 Å². The van der Waals surface area contributed by atoms with Crippen molar-refractivity contribution >= 4 is 17.0 Å². The zero-order valence-corrected chi connectivity index (χ0v) is 11.5. The highest BCUT2D eigenvalue weighted by molar-refractivity contribution is 6.01. The molecule has 21 heavy (non-hydrogen) atoms. The summed E-state index contributed by atoms with van der Waals surface area (Å²) >= 11 is 0. The molecule has 2 heterocycles. The average molecular weight is 282 g/mol. The van der Waals surface area contributed by atoms with Crippen LogP contribution in [0.4, 0.5) is 0 Å². The molecule has 6 heteroatoms. The van der Waals surface area contributed by atoms with Crippen molar-refractivity contribution in [2.45, 2.75) is 19.9 Å². The van der Waals surface area contributed by atoms with E-state index in [1.165, 1.54) is 0 Å². The third kappa shape index (κ3) is 2.35. The van der Waals surface area contributed by atoms with Crippen molar-refractivity contribution in [1.82, 2.24) is 19.7 Å². The highest BCUT2D eigenvalue weighted by Crippen LogP contribution is 2.21. The summed E-state index contributed by atoms with van der Waals surface area (Å²) < 4.78 is 1.99. The fourth-order valence-electron chi connectivity index (χ4n) is 2.39. The molecule has 0 bridgehead atoms. The molecule has 0 spiro atoms. The highest BCUT2D eigenvalue weighted by atomic mass is 16.4. The van der Waals surface area contributed by atoms with Crippen molar-refractivity contribution in [2.75, 3.05) is 0 Å². The molecule has 106 valence electrons. The number of imidazole rings is 1. The summed E-state index contributed by atoms with van der Waals surface area (Å²) in [4.78, 5) is 15.8. The van der Waals surface area contributed by atoms with Gasteiger partial charge in [0.1, 0.15) is 11.3 Å². The van der Waals surface area contributed by atoms with Gasteiger partial charge in [0.05, 0.1) is 23.3 Å². The van der Waals surface area contributed by atoms with Crippen molar-refractivity contribution in [3.05, 3.63) is 53.6 Å². The molecule has 2 aromatic heterocycles. The van der Waals surface area contributed by atoms with E-state index in [1.54, 1.807) is 18.3 Å². The largest absolute Gasteiger partial charge is 0.478 e. The topological polar surface area (TPSA) is 80.9 Å². The highest BCUT2D eigenvalue weighted by Gasteiger charge is 2.16. The van der Waals surface area contributed by atoms with Crippen LogP contribution in [-0.4, -0.2) is 30.8 Å². The molecule has 0 aliphatic carbocycles. The zero-order chi connectivity index (χ0) is 14.8. The number of hydrogen-bond donors (Lipinski definition) is 1. The Balaban J connectivity index is 2.17. The molecule has 0 amide bonds. The van der Waals surface area contributed by atoms with Crippen LogP contribution in [0.1, 0.15) is 28.8 Å². The SMILES string of the molecule is CCc1nc2c(C(=O)O)cccc2n1Cc1cccnn1. The van der Waals surface area contributed by atoms with Gasteiger partial charge in [-0.3, -0.25) is 0 Å². The first-order chi connectivity index (χ1) is 10.2. The summed E-state index contributed by atoms with van der Waals surface area (Å²) in [5.74, 6) is -0.128. The molecule has 0 saturated heterocycles. The lowest BCUT2D eigenvalue weighted by Gasteiger charge is -2.07. The lowest BCUT2D eigenvalue weighted by Crippen LogP contribution is -2.06. The van der Waals surface area contributed by atoms with Crippen molar-refractivity contribution in [1.29, 1.82) is 0 Å². The van der Waals surface area contributed by atoms with Gasteiger partial charge in [0.25, 0.3) is 0 Å². The Labute approximate surface area is 121 Å². The van der Waals surface area contributed by atoms with E-state index in [1.807, 2.05) is 29.7 Å². The predicted octanol–water partition coefficient (Wildman–Crippen LogP) is 2.14. The average Bonchev–Trinajstić information content (AvgIpc) is 2.86. The van der Waals surface area contributed by atoms with Gasteiger partial charge in [-0.1, -0.05) is 13.0 Å². The molecule has 0 fully saturated rings. The number of fused-ring (bicyclic) bond motifs is 1. The van der Waals surface area contributed by atoms with Crippen LogP contribution in [0.2, 0.25) is 0 Å². The number of carboxylic acids is 1. The second-order valence-electron chi connectivity index (χ2n) is 4.66. The minimum absolute atomic E-state index is 0.222. The summed E-state index contributed by atoms with van der Waals surface area (Å²) in [6.07, 6.45) is 2.34. The molecule has 0 saturated carbocycles. The first-order valence-corrected chi connectivity index (χ1v) is 6.68. The Morgan fingerprint density at radius 1 is 1.29 bits per heavy atom. The molecular formula is C15H14N4O2. The number of aromatic nitrogens is 4. The number of carboxylic acid groups (broad SMARTS) is 1. The quantitative estimate of drug-likeness (QED) is 0.792. The maximum absolute atomic E-state index is 11.3. The van der Waals surface area contributed by atoms with E-state index < -0.39 is 5.97 Å². The number of hydrogen-bond acceptors (Lipinski definition) is 4. The minimum atomic E-state index is -0.965. The number of benzene rings is 1. The second-order valence-corrected chi connectivity index (χ2v) is 4.66. The summed E-state index contributed by atoms with van der Waals surface area (Å²) in [5.41, 5.74) is 2.36. The molecule has 0 unspecified atom stereocenters. The molecule has 3 aromatic rings. The normalized spacial score (nSPS) is 10.9. The van der Waals surface area contributed by atoms with Gasteiger partial charge < -0.3 is 9.67 Å². The molecule has 0 aliphatic rings. The first kappa shape index (κ1) is 13.2. The molecule has 3 rings (SSSR count). The van der Waals surface area contributed by atoms with E-state index in [-0.39, 0.29) is 5.56 Å². The fourth-order valence-corrected chi connectivity index (χ4v) is 2.39.